The molecule has 0 aliphatic heterocycles. The van der Waals surface area contributed by atoms with Gasteiger partial charge in [-0.15, -0.1) is 0 Å². The summed E-state index contributed by atoms with van der Waals surface area (Å²) in [6.45, 7) is 10.6. The smallest absolute Gasteiger partial charge is 0.207 e. The fourth-order valence-electron chi connectivity index (χ4n) is 1.80. The molecule has 2 nitrogen and oxygen atoms in total. The van der Waals surface area contributed by atoms with Gasteiger partial charge in [-0.1, -0.05) is 45.0 Å². The predicted octanol–water partition coefficient (Wildman–Crippen LogP) is 3.82. The van der Waals surface area contributed by atoms with E-state index in [1.165, 1.54) is 5.56 Å². The Morgan fingerprint density at radius 1 is 1.24 bits per heavy atom. The summed E-state index contributed by atoms with van der Waals surface area (Å²) in [6, 6.07) is 10.3. The Bertz CT molecular complexity index is 415. The van der Waals surface area contributed by atoms with Crippen molar-refractivity contribution in [3.05, 3.63) is 35.4 Å². The van der Waals surface area contributed by atoms with Crippen LogP contribution in [0.15, 0.2) is 24.3 Å². The van der Waals surface area contributed by atoms with Gasteiger partial charge in [0, 0.05) is 0 Å². The van der Waals surface area contributed by atoms with Gasteiger partial charge in [-0.3, -0.25) is 0 Å². The zero-order valence-corrected chi connectivity index (χ0v) is 12.2. The van der Waals surface area contributed by atoms with E-state index in [0.29, 0.717) is 0 Å². The maximum Gasteiger partial charge on any atom is 0.207 e. The van der Waals surface area contributed by atoms with Gasteiger partial charge in [0.1, 0.15) is 0 Å². The number of benzene rings is 1. The summed E-state index contributed by atoms with van der Waals surface area (Å²) >= 11 is 0. The Morgan fingerprint density at radius 3 is 2.29 bits per heavy atom. The van der Waals surface area contributed by atoms with Crippen molar-refractivity contribution in [2.24, 2.45) is 0 Å². The maximum absolute atomic E-state index is 9.26. The molecule has 0 aliphatic rings. The molecule has 3 heteroatoms. The van der Waals surface area contributed by atoms with Crippen LogP contribution in [0, 0.1) is 11.3 Å². The summed E-state index contributed by atoms with van der Waals surface area (Å²) in [6.07, 6.45) is -0.436. The third-order valence-corrected chi connectivity index (χ3v) is 3.23. The SMILES string of the molecule is C[Si](C)OC(C#N)c1ccccc1C(C)(C)C. The van der Waals surface area contributed by atoms with Gasteiger partial charge in [-0.05, 0) is 29.6 Å². The van der Waals surface area contributed by atoms with E-state index in [1.54, 1.807) is 0 Å². The van der Waals surface area contributed by atoms with Crippen molar-refractivity contribution in [2.45, 2.75) is 45.4 Å². The van der Waals surface area contributed by atoms with Crippen molar-refractivity contribution in [2.75, 3.05) is 0 Å². The van der Waals surface area contributed by atoms with Crippen molar-refractivity contribution in [1.29, 1.82) is 5.26 Å². The van der Waals surface area contributed by atoms with E-state index in [4.69, 9.17) is 4.43 Å². The molecule has 0 fully saturated rings. The number of rotatable bonds is 3. The number of nitrogens with zero attached hydrogens (tertiary/aromatic N) is 1. The highest BCUT2D eigenvalue weighted by Gasteiger charge is 2.23. The van der Waals surface area contributed by atoms with Crippen LogP contribution in [-0.2, 0) is 9.84 Å². The summed E-state index contributed by atoms with van der Waals surface area (Å²) in [7, 11) is -0.876. The lowest BCUT2D eigenvalue weighted by Gasteiger charge is -2.25. The monoisotopic (exact) mass is 246 g/mol. The van der Waals surface area contributed by atoms with Crippen molar-refractivity contribution in [3.63, 3.8) is 0 Å². The van der Waals surface area contributed by atoms with Crippen LogP contribution in [-0.4, -0.2) is 9.04 Å². The third kappa shape index (κ3) is 3.69. The maximum atomic E-state index is 9.26. The number of hydrogen-bond donors (Lipinski definition) is 0. The average Bonchev–Trinajstić information content (AvgIpc) is 2.24. The number of hydrogen-bond acceptors (Lipinski definition) is 2. The van der Waals surface area contributed by atoms with Crippen LogP contribution in [0.1, 0.15) is 38.0 Å². The lowest BCUT2D eigenvalue weighted by Crippen LogP contribution is -2.19. The standard InChI is InChI=1S/C14H20NOSi/c1-14(2,3)12-9-7-6-8-11(12)13(10-15)16-17(4)5/h6-9,13H,1-5H3. The van der Waals surface area contributed by atoms with E-state index in [0.717, 1.165) is 5.56 Å². The molecule has 91 valence electrons. The second-order valence-corrected chi connectivity index (χ2v) is 7.42. The fraction of sp³-hybridized carbons (Fsp3) is 0.500. The minimum absolute atomic E-state index is 0.0312. The molecule has 1 atom stereocenters. The molecule has 0 bridgehead atoms. The topological polar surface area (TPSA) is 33.0 Å². The van der Waals surface area contributed by atoms with Gasteiger partial charge < -0.3 is 4.43 Å². The van der Waals surface area contributed by atoms with Gasteiger partial charge in [0.25, 0.3) is 0 Å². The summed E-state index contributed by atoms with van der Waals surface area (Å²) in [5, 5.41) is 9.26. The van der Waals surface area contributed by atoms with Crippen LogP contribution < -0.4 is 0 Å². The van der Waals surface area contributed by atoms with E-state index in [-0.39, 0.29) is 5.41 Å². The Balaban J connectivity index is 3.17. The Kier molecular flexibility index (Phi) is 4.50. The molecular weight excluding hydrogens is 226 g/mol. The third-order valence-electron chi connectivity index (χ3n) is 2.52. The molecule has 0 aliphatic carbocycles. The number of nitriles is 1. The molecule has 17 heavy (non-hydrogen) atoms. The molecule has 0 spiro atoms. The highest BCUT2D eigenvalue weighted by Crippen LogP contribution is 2.31. The molecule has 1 radical (unpaired) electrons. The first-order valence-electron chi connectivity index (χ1n) is 5.82. The van der Waals surface area contributed by atoms with Crippen LogP contribution in [0.5, 0.6) is 0 Å². The zero-order chi connectivity index (χ0) is 13.1. The molecular formula is C14H20NOSi. The zero-order valence-electron chi connectivity index (χ0n) is 11.2. The lowest BCUT2D eigenvalue weighted by molar-refractivity contribution is 0.265. The summed E-state index contributed by atoms with van der Waals surface area (Å²) in [5.41, 5.74) is 2.23. The van der Waals surface area contributed by atoms with Crippen LogP contribution in [0.25, 0.3) is 0 Å². The first-order chi connectivity index (χ1) is 7.86. The highest BCUT2D eigenvalue weighted by molar-refractivity contribution is 6.48. The largest absolute Gasteiger partial charge is 0.398 e. The van der Waals surface area contributed by atoms with Gasteiger partial charge in [-0.2, -0.15) is 5.26 Å². The molecule has 0 heterocycles. The molecule has 0 amide bonds. The minimum Gasteiger partial charge on any atom is -0.398 e. The Hall–Kier alpha value is -1.11. The van der Waals surface area contributed by atoms with Gasteiger partial charge in [0.05, 0.1) is 6.07 Å². The van der Waals surface area contributed by atoms with Gasteiger partial charge in [0.2, 0.25) is 9.04 Å². The van der Waals surface area contributed by atoms with Crippen molar-refractivity contribution < 1.29 is 4.43 Å². The second kappa shape index (κ2) is 5.48. The summed E-state index contributed by atoms with van der Waals surface area (Å²) in [5.74, 6) is 0. The molecule has 0 saturated carbocycles. The van der Waals surface area contributed by atoms with E-state index >= 15 is 0 Å². The van der Waals surface area contributed by atoms with Gasteiger partial charge in [-0.25, -0.2) is 0 Å². The molecule has 0 saturated heterocycles. The average molecular weight is 246 g/mol. The minimum atomic E-state index is -0.876. The Morgan fingerprint density at radius 2 is 1.82 bits per heavy atom. The van der Waals surface area contributed by atoms with Gasteiger partial charge in [0.15, 0.2) is 6.10 Å². The molecule has 1 rings (SSSR count). The van der Waals surface area contributed by atoms with Crippen LogP contribution in [0.4, 0.5) is 0 Å². The molecule has 0 N–H and O–H groups in total. The van der Waals surface area contributed by atoms with Crippen molar-refractivity contribution in [3.8, 4) is 6.07 Å². The van der Waals surface area contributed by atoms with Crippen LogP contribution in [0.2, 0.25) is 13.1 Å². The van der Waals surface area contributed by atoms with E-state index in [1.807, 2.05) is 18.2 Å². The molecule has 1 unspecified atom stereocenters. The van der Waals surface area contributed by atoms with Gasteiger partial charge >= 0.3 is 0 Å². The second-order valence-electron chi connectivity index (χ2n) is 5.37. The molecule has 1 aromatic rings. The fourth-order valence-corrected chi connectivity index (χ4v) is 2.45. The lowest BCUT2D eigenvalue weighted by atomic mass is 9.82. The normalized spacial score (nSPS) is 13.5. The quantitative estimate of drug-likeness (QED) is 0.760. The summed E-state index contributed by atoms with van der Waals surface area (Å²) in [4.78, 5) is 0. The molecule has 0 aromatic heterocycles. The van der Waals surface area contributed by atoms with Crippen molar-refractivity contribution in [1.82, 2.24) is 0 Å². The van der Waals surface area contributed by atoms with E-state index < -0.39 is 15.1 Å². The van der Waals surface area contributed by atoms with Crippen LogP contribution in [0.3, 0.4) is 0 Å². The Labute approximate surface area is 106 Å². The van der Waals surface area contributed by atoms with E-state index in [2.05, 4.69) is 46.0 Å². The highest BCUT2D eigenvalue weighted by atomic mass is 28.3. The van der Waals surface area contributed by atoms with Crippen molar-refractivity contribution >= 4 is 9.04 Å². The predicted molar refractivity (Wildman–Crippen MR) is 72.1 cm³/mol. The first kappa shape index (κ1) is 13.9. The van der Waals surface area contributed by atoms with E-state index in [9.17, 15) is 5.26 Å². The first-order valence-corrected chi connectivity index (χ1v) is 8.23. The van der Waals surface area contributed by atoms with Crippen LogP contribution >= 0.6 is 0 Å². The summed E-state index contributed by atoms with van der Waals surface area (Å²) < 4.78 is 5.76. The molecule has 1 aromatic carbocycles.